The van der Waals surface area contributed by atoms with Crippen LogP contribution in [-0.2, 0) is 85.8 Å². The van der Waals surface area contributed by atoms with Crippen molar-refractivity contribution in [2.75, 3.05) is 6.61 Å². The smallest absolute Gasteiger partial charge is 0.344 e. The Morgan fingerprint density at radius 2 is 0.765 bits per heavy atom. The fourth-order valence-corrected chi connectivity index (χ4v) is 25.1. The first-order valence-electron chi connectivity index (χ1n) is 46.7. The van der Waals surface area contributed by atoms with E-state index in [1.165, 1.54) is 25.7 Å². The minimum Gasteiger partial charge on any atom is -0.459 e. The lowest BCUT2D eigenvalue weighted by atomic mass is 9.38. The number of hydrogen-bond donors (Lipinski definition) is 4. The summed E-state index contributed by atoms with van der Waals surface area (Å²) in [5, 5.41) is 43.0. The van der Waals surface area contributed by atoms with Crippen LogP contribution in [0.25, 0.3) is 0 Å². The monoisotopic (exact) mass is 1670 g/mol. The third-order valence-electron chi connectivity index (χ3n) is 34.3. The molecule has 2 aliphatic heterocycles. The van der Waals surface area contributed by atoms with Crippen molar-refractivity contribution in [1.29, 1.82) is 0 Å². The summed E-state index contributed by atoms with van der Waals surface area (Å²) in [5.74, 6) is 2.05. The third kappa shape index (κ3) is 19.3. The number of fused-ring (bicyclic) bond motifs is 2. The highest BCUT2D eigenvalue weighted by Crippen LogP contribution is 2.72. The topological polar surface area (TPSA) is 318 Å². The molecule has 16 bridgehead atoms. The van der Waals surface area contributed by atoms with Crippen LogP contribution in [0.1, 0.15) is 371 Å². The van der Waals surface area contributed by atoms with E-state index in [1.54, 1.807) is 13.8 Å². The highest BCUT2D eigenvalue weighted by atomic mass is 16.6. The number of carbonyl (C=O) groups excluding carboxylic acids is 9. The standard InChI is InChI=1S/C22H38O3.C16H22O6.C16H26O4.C16H26O3.C14H20O4.C13H24O2/c1-8-18(2,3)17(23)25-20(6,7)22-12-15-9-16(13-22)11-21(10-15,14-22)19(4,5)24;1-4-16(2,3)15(19)20-7-11(17)21-12-8-5-9-10(6-8)14(18)22-13(9)12;1-4-13(2,3)12(17)20-16-7-11-5-14(18,9-16)8-15(19,6-11)10-16;1-4-14(2,3)13(17)19-16-8-11-5-12(9-16)7-15(18,6-11)10-16;1-4-14(2,3)13(16)18-10-7-5-8-9(6-7)12(15)17-11(8)10;1-5-12(3,4)11(14)15-13(6-2)9-7-8-10-13/h15-16,24H,8-14H2,1-7H3;8-10,12-13H,4-7H2,1-3H3;11,18-19H,4-10H2,1-3H3;11-12,18H,4-10H2,1-3H3;7-11H,4-6H2,1-3H3;5-10H2,1-4H3. The van der Waals surface area contributed by atoms with Gasteiger partial charge in [-0.05, 0) is 332 Å². The molecular weight excluding hydrogens is 1520 g/mol. The average molecular weight is 1670 g/mol. The number of esters is 9. The molecular formula is C97H156O22. The largest absolute Gasteiger partial charge is 0.459 e. The van der Waals surface area contributed by atoms with Gasteiger partial charge in [0.05, 0.1) is 66.7 Å². The van der Waals surface area contributed by atoms with Crippen LogP contribution in [0.5, 0.6) is 0 Å². The Morgan fingerprint density at radius 1 is 0.395 bits per heavy atom. The lowest BCUT2D eigenvalue weighted by Crippen LogP contribution is -2.67. The maximum atomic E-state index is 12.8. The molecule has 0 aromatic rings. The number of ether oxygens (including phenoxy) is 9. The number of hydrogen-bond acceptors (Lipinski definition) is 22. The van der Waals surface area contributed by atoms with E-state index >= 15 is 0 Å². The summed E-state index contributed by atoms with van der Waals surface area (Å²) in [4.78, 5) is 109. The summed E-state index contributed by atoms with van der Waals surface area (Å²) >= 11 is 0. The van der Waals surface area contributed by atoms with Gasteiger partial charge in [-0.15, -0.1) is 0 Å². The van der Waals surface area contributed by atoms with Gasteiger partial charge in [-0.3, -0.25) is 38.4 Å². The summed E-state index contributed by atoms with van der Waals surface area (Å²) in [7, 11) is 0. The molecule has 2 saturated heterocycles. The Balaban J connectivity index is 0.000000141. The van der Waals surface area contributed by atoms with Crippen LogP contribution in [0.2, 0.25) is 0 Å². The van der Waals surface area contributed by atoms with E-state index in [9.17, 15) is 63.6 Å². The lowest BCUT2D eigenvalue weighted by Gasteiger charge is -2.68. The molecule has 119 heavy (non-hydrogen) atoms. The van der Waals surface area contributed by atoms with E-state index < -0.39 is 72.6 Å². The van der Waals surface area contributed by atoms with E-state index in [4.69, 9.17) is 42.6 Å². The molecule has 19 fully saturated rings. The third-order valence-corrected chi connectivity index (χ3v) is 34.3. The van der Waals surface area contributed by atoms with Crippen LogP contribution in [0, 0.1) is 108 Å². The summed E-state index contributed by atoms with van der Waals surface area (Å²) in [5.41, 5.74) is -7.28. The first kappa shape index (κ1) is 94.7. The van der Waals surface area contributed by atoms with Crippen molar-refractivity contribution in [1.82, 2.24) is 0 Å². The zero-order valence-corrected chi connectivity index (χ0v) is 77.3. The van der Waals surface area contributed by atoms with Gasteiger partial charge in [-0.1, -0.05) is 48.5 Å². The SMILES string of the molecule is CCC(C)(C)C(=O)OC(C)(C)C12CC3CC(CC(C(C)(C)O)(C3)C1)C2.CCC(C)(C)C(=O)OC12CC3CC(CC(O)(C3)C1)C2.CCC(C)(C)C(=O)OC12CC3CC(O)(CC(O)(C3)C1)C2.CCC(C)(C)C(=O)OC1C2CC3C(=O)OC1C3C2.CCC(C)(C)C(=O)OCC(=O)OC1C2CC3C(=O)OC1C3C2.CCC1(OC(=O)C(C)(C)CC)CCCC1. The van der Waals surface area contributed by atoms with Crippen LogP contribution in [0.15, 0.2) is 0 Å². The maximum Gasteiger partial charge on any atom is 0.344 e. The maximum absolute atomic E-state index is 12.8. The zero-order chi connectivity index (χ0) is 88.3. The van der Waals surface area contributed by atoms with Crippen molar-refractivity contribution >= 4 is 53.7 Å². The molecule has 22 heteroatoms. The molecule has 676 valence electrons. The second-order valence-electron chi connectivity index (χ2n) is 46.5. The van der Waals surface area contributed by atoms with Gasteiger partial charge < -0.3 is 63.1 Å². The van der Waals surface area contributed by atoms with Crippen LogP contribution in [0.3, 0.4) is 0 Å². The average Bonchev–Trinajstić information content (AvgIpc) is 1.58. The van der Waals surface area contributed by atoms with E-state index in [0.29, 0.717) is 67.6 Å². The molecule has 16 atom stereocenters. The first-order valence-corrected chi connectivity index (χ1v) is 46.7. The summed E-state index contributed by atoms with van der Waals surface area (Å²) in [6.45, 7) is 44.8. The number of rotatable bonds is 23. The van der Waals surface area contributed by atoms with Crippen LogP contribution in [-0.4, -0.2) is 150 Å². The van der Waals surface area contributed by atoms with Gasteiger partial charge >= 0.3 is 53.7 Å². The predicted molar refractivity (Wildman–Crippen MR) is 446 cm³/mol. The zero-order valence-electron chi connectivity index (χ0n) is 77.3. The number of carbonyl (C=O) groups is 9. The highest BCUT2D eigenvalue weighted by molar-refractivity contribution is 5.82. The molecule has 19 aliphatic rings. The van der Waals surface area contributed by atoms with E-state index in [2.05, 4.69) is 20.8 Å². The second kappa shape index (κ2) is 33.4. The van der Waals surface area contributed by atoms with Crippen molar-refractivity contribution in [3.8, 4) is 0 Å². The molecule has 0 aromatic carbocycles. The van der Waals surface area contributed by atoms with Crippen molar-refractivity contribution in [3.05, 3.63) is 0 Å². The van der Waals surface area contributed by atoms with Gasteiger partial charge in [0.2, 0.25) is 0 Å². The van der Waals surface area contributed by atoms with Crippen LogP contribution < -0.4 is 0 Å². The van der Waals surface area contributed by atoms with Crippen molar-refractivity contribution < 1.29 is 106 Å². The van der Waals surface area contributed by atoms with E-state index in [0.717, 1.165) is 154 Å². The Morgan fingerprint density at radius 3 is 1.18 bits per heavy atom. The fraction of sp³-hybridized carbons (Fsp3) is 0.907. The Hall–Kier alpha value is -4.93. The summed E-state index contributed by atoms with van der Waals surface area (Å²) in [6.07, 6.45) is 28.6. The summed E-state index contributed by atoms with van der Waals surface area (Å²) in [6, 6.07) is 0. The predicted octanol–water partition coefficient (Wildman–Crippen LogP) is 17.4. The molecule has 4 N–H and O–H groups in total. The van der Waals surface area contributed by atoms with Gasteiger partial charge in [0.25, 0.3) is 0 Å². The minimum absolute atomic E-state index is 0.00636. The molecule has 16 unspecified atom stereocenters. The normalized spacial score (nSPS) is 38.2. The van der Waals surface area contributed by atoms with Gasteiger partial charge in [-0.2, -0.15) is 0 Å². The molecule has 22 nitrogen and oxygen atoms in total. The lowest BCUT2D eigenvalue weighted by molar-refractivity contribution is -0.264. The van der Waals surface area contributed by atoms with Crippen molar-refractivity contribution in [2.24, 2.45) is 108 Å². The molecule has 2 heterocycles. The van der Waals surface area contributed by atoms with E-state index in [1.807, 2.05) is 125 Å². The van der Waals surface area contributed by atoms with Crippen LogP contribution in [0.4, 0.5) is 0 Å². The molecule has 17 aliphatic carbocycles. The van der Waals surface area contributed by atoms with E-state index in [-0.39, 0.29) is 130 Å². The molecule has 19 rings (SSSR count). The second-order valence-corrected chi connectivity index (χ2v) is 46.5. The Bertz CT molecular complexity index is 3700. The molecule has 17 saturated carbocycles. The molecule has 0 amide bonds. The van der Waals surface area contributed by atoms with Gasteiger partial charge in [0, 0.05) is 54.8 Å². The van der Waals surface area contributed by atoms with Crippen LogP contribution >= 0.6 is 0 Å². The molecule has 0 spiro atoms. The first-order chi connectivity index (χ1) is 54.8. The summed E-state index contributed by atoms with van der Waals surface area (Å²) < 4.78 is 50.7. The van der Waals surface area contributed by atoms with Gasteiger partial charge in [0.15, 0.2) is 6.61 Å². The quantitative estimate of drug-likeness (QED) is 0.0545. The highest BCUT2D eigenvalue weighted by Gasteiger charge is 2.70. The minimum atomic E-state index is -0.842. The molecule has 0 aromatic heterocycles. The van der Waals surface area contributed by atoms with Gasteiger partial charge in [-0.25, -0.2) is 4.79 Å². The van der Waals surface area contributed by atoms with Crippen molar-refractivity contribution in [3.63, 3.8) is 0 Å². The fourth-order valence-electron chi connectivity index (χ4n) is 25.1. The van der Waals surface area contributed by atoms with Crippen molar-refractivity contribution in [2.45, 2.75) is 440 Å². The molecule has 0 radical (unpaired) electrons. The number of aliphatic hydroxyl groups is 4. The Labute approximate surface area is 711 Å². The van der Waals surface area contributed by atoms with Gasteiger partial charge in [0.1, 0.15) is 46.8 Å². The Kier molecular flexibility index (Phi) is 26.6.